The molecule has 0 amide bonds. The molecule has 1 aliphatic heterocycles. The largest absolute Gasteiger partial charge is 0.384 e. The van der Waals surface area contributed by atoms with Crippen molar-refractivity contribution in [2.45, 2.75) is 17.6 Å². The Labute approximate surface area is 159 Å². The minimum absolute atomic E-state index is 0.349. The quantitative estimate of drug-likeness (QED) is 0.719. The van der Waals surface area contributed by atoms with Crippen molar-refractivity contribution in [3.8, 4) is 0 Å². The normalized spacial score (nSPS) is 15.7. The van der Waals surface area contributed by atoms with Crippen LogP contribution in [0, 0.1) is 0 Å². The third kappa shape index (κ3) is 5.20. The smallest absolute Gasteiger partial charge is 0.271 e. The number of aryl methyl sites for hydroxylation is 1. The molecule has 0 radical (unpaired) electrons. The zero-order valence-corrected chi connectivity index (χ0v) is 16.5. The van der Waals surface area contributed by atoms with Gasteiger partial charge < -0.3 is 10.1 Å². The molecule has 142 valence electrons. The van der Waals surface area contributed by atoms with E-state index in [2.05, 4.69) is 14.9 Å². The van der Waals surface area contributed by atoms with Gasteiger partial charge in [-0.15, -0.1) is 11.3 Å². The van der Waals surface area contributed by atoms with Crippen molar-refractivity contribution in [2.75, 3.05) is 49.4 Å². The van der Waals surface area contributed by atoms with Gasteiger partial charge in [0.25, 0.3) is 10.0 Å². The van der Waals surface area contributed by atoms with E-state index in [1.165, 1.54) is 11.3 Å². The van der Waals surface area contributed by atoms with Gasteiger partial charge in [0.05, 0.1) is 13.2 Å². The minimum Gasteiger partial charge on any atom is -0.384 e. The number of ether oxygens (including phenoxy) is 1. The Morgan fingerprint density at radius 2 is 1.77 bits per heavy atom. The number of sulfonamides is 1. The van der Waals surface area contributed by atoms with Crippen LogP contribution >= 0.6 is 11.3 Å². The summed E-state index contributed by atoms with van der Waals surface area (Å²) >= 11 is 1.31. The summed E-state index contributed by atoms with van der Waals surface area (Å²) in [6, 6.07) is 10.9. The highest BCUT2D eigenvalue weighted by molar-refractivity contribution is 7.94. The van der Waals surface area contributed by atoms with Crippen molar-refractivity contribution < 1.29 is 13.2 Å². The van der Waals surface area contributed by atoms with Gasteiger partial charge in [0, 0.05) is 42.4 Å². The molecule has 0 aliphatic carbocycles. The van der Waals surface area contributed by atoms with Gasteiger partial charge in [-0.3, -0.25) is 9.62 Å². The van der Waals surface area contributed by atoms with Crippen LogP contribution in [0.2, 0.25) is 0 Å². The molecule has 0 atom stereocenters. The van der Waals surface area contributed by atoms with Gasteiger partial charge in [-0.1, -0.05) is 6.92 Å². The van der Waals surface area contributed by atoms with Gasteiger partial charge in [0.1, 0.15) is 4.21 Å². The number of nitrogens with zero attached hydrogens (tertiary/aromatic N) is 1. The van der Waals surface area contributed by atoms with Crippen LogP contribution in [0.5, 0.6) is 0 Å². The second-order valence-electron chi connectivity index (χ2n) is 6.14. The van der Waals surface area contributed by atoms with E-state index in [0.717, 1.165) is 56.4 Å². The van der Waals surface area contributed by atoms with E-state index in [1.54, 1.807) is 18.2 Å². The molecule has 2 heterocycles. The van der Waals surface area contributed by atoms with Crippen molar-refractivity contribution in [3.05, 3.63) is 41.3 Å². The Kier molecular flexibility index (Phi) is 6.53. The Bertz CT molecular complexity index is 797. The minimum atomic E-state index is -3.52. The van der Waals surface area contributed by atoms with E-state index in [0.29, 0.717) is 9.90 Å². The summed E-state index contributed by atoms with van der Waals surface area (Å²) in [6.45, 7) is 7.39. The number of anilines is 2. The molecule has 8 heteroatoms. The van der Waals surface area contributed by atoms with Gasteiger partial charge in [-0.05, 0) is 42.8 Å². The van der Waals surface area contributed by atoms with Crippen LogP contribution in [0.25, 0.3) is 0 Å². The number of hydrogen-bond acceptors (Lipinski definition) is 6. The molecular weight excluding hydrogens is 370 g/mol. The van der Waals surface area contributed by atoms with Crippen LogP contribution in [0.1, 0.15) is 11.8 Å². The first-order valence-corrected chi connectivity index (χ1v) is 11.1. The van der Waals surface area contributed by atoms with Gasteiger partial charge in [0.15, 0.2) is 0 Å². The zero-order chi connectivity index (χ0) is 18.4. The van der Waals surface area contributed by atoms with E-state index in [4.69, 9.17) is 4.74 Å². The molecule has 2 aromatic rings. The SMILES string of the molecule is CCc1ccc(S(=O)(=O)Nc2ccc(NCCN3CCOCC3)cc2)s1. The highest BCUT2D eigenvalue weighted by Gasteiger charge is 2.16. The fraction of sp³-hybridized carbons (Fsp3) is 0.444. The van der Waals surface area contributed by atoms with Crippen LogP contribution in [-0.2, 0) is 21.2 Å². The van der Waals surface area contributed by atoms with Crippen molar-refractivity contribution in [2.24, 2.45) is 0 Å². The third-order valence-electron chi connectivity index (χ3n) is 4.25. The van der Waals surface area contributed by atoms with Crippen LogP contribution in [-0.4, -0.2) is 52.7 Å². The van der Waals surface area contributed by atoms with E-state index in [9.17, 15) is 8.42 Å². The molecule has 26 heavy (non-hydrogen) atoms. The Morgan fingerprint density at radius 1 is 1.08 bits per heavy atom. The first-order chi connectivity index (χ1) is 12.6. The summed E-state index contributed by atoms with van der Waals surface area (Å²) in [6.07, 6.45) is 0.838. The molecule has 0 spiro atoms. The van der Waals surface area contributed by atoms with Gasteiger partial charge in [-0.2, -0.15) is 0 Å². The maximum Gasteiger partial charge on any atom is 0.271 e. The van der Waals surface area contributed by atoms with Crippen LogP contribution in [0.3, 0.4) is 0 Å². The molecule has 3 rings (SSSR count). The first-order valence-electron chi connectivity index (χ1n) is 8.82. The Morgan fingerprint density at radius 3 is 2.42 bits per heavy atom. The molecule has 0 bridgehead atoms. The third-order valence-corrected chi connectivity index (χ3v) is 7.35. The number of benzene rings is 1. The predicted molar refractivity (Wildman–Crippen MR) is 107 cm³/mol. The highest BCUT2D eigenvalue weighted by Crippen LogP contribution is 2.25. The van der Waals surface area contributed by atoms with Crippen molar-refractivity contribution in [1.82, 2.24) is 4.90 Å². The van der Waals surface area contributed by atoms with Crippen LogP contribution in [0.15, 0.2) is 40.6 Å². The topological polar surface area (TPSA) is 70.7 Å². The van der Waals surface area contributed by atoms with Crippen LogP contribution < -0.4 is 10.0 Å². The second kappa shape index (κ2) is 8.85. The second-order valence-corrected chi connectivity index (χ2v) is 9.22. The van der Waals surface area contributed by atoms with Crippen LogP contribution in [0.4, 0.5) is 11.4 Å². The number of hydrogen-bond donors (Lipinski definition) is 2. The maximum absolute atomic E-state index is 12.4. The standard InChI is InChI=1S/C18H25N3O3S2/c1-2-17-7-8-18(25-17)26(22,23)20-16-5-3-15(4-6-16)19-9-10-21-11-13-24-14-12-21/h3-8,19-20H,2,9-14H2,1H3. The molecule has 2 N–H and O–H groups in total. The average molecular weight is 396 g/mol. The number of nitrogens with one attached hydrogen (secondary N) is 2. The lowest BCUT2D eigenvalue weighted by Gasteiger charge is -2.26. The molecule has 1 fully saturated rings. The summed E-state index contributed by atoms with van der Waals surface area (Å²) in [5.41, 5.74) is 1.54. The molecule has 1 aromatic carbocycles. The first kappa shape index (κ1) is 19.2. The van der Waals surface area contributed by atoms with Gasteiger partial charge >= 0.3 is 0 Å². The molecule has 0 saturated carbocycles. The van der Waals surface area contributed by atoms with Gasteiger partial charge in [0.2, 0.25) is 0 Å². The van der Waals surface area contributed by atoms with Crippen molar-refractivity contribution in [1.29, 1.82) is 0 Å². The highest BCUT2D eigenvalue weighted by atomic mass is 32.2. The van der Waals surface area contributed by atoms with Crippen molar-refractivity contribution in [3.63, 3.8) is 0 Å². The molecule has 1 aliphatic rings. The summed E-state index contributed by atoms with van der Waals surface area (Å²) in [4.78, 5) is 3.43. The van der Waals surface area contributed by atoms with E-state index >= 15 is 0 Å². The number of rotatable bonds is 8. The fourth-order valence-corrected chi connectivity index (χ4v) is 5.09. The Balaban J connectivity index is 1.52. The number of morpholine rings is 1. The molecule has 1 aromatic heterocycles. The lowest BCUT2D eigenvalue weighted by atomic mass is 10.3. The van der Waals surface area contributed by atoms with Crippen molar-refractivity contribution >= 4 is 32.7 Å². The summed E-state index contributed by atoms with van der Waals surface area (Å²) in [5.74, 6) is 0. The molecular formula is C18H25N3O3S2. The van der Waals surface area contributed by atoms with E-state index in [1.807, 2.05) is 25.1 Å². The van der Waals surface area contributed by atoms with E-state index < -0.39 is 10.0 Å². The fourth-order valence-electron chi connectivity index (χ4n) is 2.74. The zero-order valence-electron chi connectivity index (χ0n) is 14.9. The Hall–Kier alpha value is -1.61. The van der Waals surface area contributed by atoms with Gasteiger partial charge in [-0.25, -0.2) is 8.42 Å². The lowest BCUT2D eigenvalue weighted by Crippen LogP contribution is -2.38. The van der Waals surface area contributed by atoms with E-state index in [-0.39, 0.29) is 0 Å². The summed E-state index contributed by atoms with van der Waals surface area (Å²) in [5, 5.41) is 3.37. The predicted octanol–water partition coefficient (Wildman–Crippen LogP) is 2.86. The average Bonchev–Trinajstić information content (AvgIpc) is 3.14. The monoisotopic (exact) mass is 395 g/mol. The lowest BCUT2D eigenvalue weighted by molar-refractivity contribution is 0.0398. The number of thiophene rings is 1. The summed E-state index contributed by atoms with van der Waals surface area (Å²) in [7, 11) is -3.52. The molecule has 1 saturated heterocycles. The summed E-state index contributed by atoms with van der Waals surface area (Å²) < 4.78 is 33.2. The molecule has 0 unspecified atom stereocenters. The maximum atomic E-state index is 12.4. The molecule has 6 nitrogen and oxygen atoms in total.